The van der Waals surface area contributed by atoms with Crippen molar-refractivity contribution >= 4 is 17.8 Å². The number of carboxylic acids is 1. The first kappa shape index (κ1) is 97.4. The lowest BCUT2D eigenvalue weighted by Crippen LogP contribution is -2.70. The van der Waals surface area contributed by atoms with Gasteiger partial charge in [0.15, 0.2) is 12.6 Å². The minimum Gasteiger partial charge on any atom is -0.477 e. The number of carbonyl (C=O) groups excluding carboxylic acids is 2. The van der Waals surface area contributed by atoms with E-state index < -0.39 is 148 Å². The maximum atomic E-state index is 13.6. The van der Waals surface area contributed by atoms with Crippen molar-refractivity contribution < 1.29 is 104 Å². The highest BCUT2D eigenvalue weighted by molar-refractivity contribution is 5.77. The number of ether oxygens (including phenoxy) is 6. The van der Waals surface area contributed by atoms with Gasteiger partial charge in [0.2, 0.25) is 11.8 Å². The van der Waals surface area contributed by atoms with Crippen molar-refractivity contribution in [2.24, 2.45) is 0 Å². The molecule has 23 heteroatoms. The van der Waals surface area contributed by atoms with Gasteiger partial charge in [0, 0.05) is 19.8 Å². The fraction of sp³-hybridized carbons (Fsp3) is 0.916. The second kappa shape index (κ2) is 61.8. The molecule has 14 N–H and O–H groups in total. The molecule has 0 bridgehead atoms. The largest absolute Gasteiger partial charge is 0.477 e. The molecule has 3 rings (SSSR count). The summed E-state index contributed by atoms with van der Waals surface area (Å²) >= 11 is 0. The van der Waals surface area contributed by atoms with E-state index in [1.54, 1.807) is 0 Å². The molecule has 0 aliphatic carbocycles. The Hall–Kier alpha value is -2.79. The SMILES string of the molecule is CCCCCCCCCCC/C=C\C/C=C\CCCCCCCCCCCCCCCC(=O)NC(COC1OC(CO)C(OC2OC(CO)C(O)C(OC3(C(=O)O)CC(O)C(NC(C)=O)C(C(O)C(O)CO)O3)C2O)C(O)C1O)C(O)CCCCCCCCCCCCCCCCCCCCCCCCC. The Morgan fingerprint density at radius 3 is 1.32 bits per heavy atom. The summed E-state index contributed by atoms with van der Waals surface area (Å²) in [6.07, 6.45) is 40.2. The fourth-order valence-electron chi connectivity index (χ4n) is 14.9. The Morgan fingerprint density at radius 2 is 0.906 bits per heavy atom. The van der Waals surface area contributed by atoms with E-state index >= 15 is 0 Å². The number of amides is 2. The van der Waals surface area contributed by atoms with Crippen molar-refractivity contribution in [2.45, 2.75) is 458 Å². The first-order valence-electron chi connectivity index (χ1n) is 42.7. The summed E-state index contributed by atoms with van der Waals surface area (Å²) < 4.78 is 35.0. The van der Waals surface area contributed by atoms with Crippen molar-refractivity contribution in [1.29, 1.82) is 0 Å². The van der Waals surface area contributed by atoms with Gasteiger partial charge in [-0.1, -0.05) is 308 Å². The van der Waals surface area contributed by atoms with Gasteiger partial charge in [-0.15, -0.1) is 0 Å². The number of rotatable bonds is 68. The molecule has 0 radical (unpaired) electrons. The summed E-state index contributed by atoms with van der Waals surface area (Å²) in [6.45, 7) is 2.26. The highest BCUT2D eigenvalue weighted by atomic mass is 16.8. The van der Waals surface area contributed by atoms with Crippen molar-refractivity contribution in [1.82, 2.24) is 10.6 Å². The van der Waals surface area contributed by atoms with Crippen LogP contribution in [0.25, 0.3) is 0 Å². The molecule has 3 aliphatic heterocycles. The van der Waals surface area contributed by atoms with Gasteiger partial charge in [-0.25, -0.2) is 4.79 Å². The molecule has 0 saturated carbocycles. The number of carbonyl (C=O) groups is 3. The van der Waals surface area contributed by atoms with Gasteiger partial charge in [0.1, 0.15) is 67.1 Å². The third-order valence-electron chi connectivity index (χ3n) is 21.7. The highest BCUT2D eigenvalue weighted by Gasteiger charge is 2.60. The average Bonchev–Trinajstić information content (AvgIpc) is 0.754. The number of hydrogen-bond donors (Lipinski definition) is 14. The molecule has 0 spiro atoms. The van der Waals surface area contributed by atoms with Crippen LogP contribution in [-0.4, -0.2) is 215 Å². The predicted molar refractivity (Wildman–Crippen MR) is 412 cm³/mol. The van der Waals surface area contributed by atoms with Gasteiger partial charge in [-0.2, -0.15) is 0 Å². The Morgan fingerprint density at radius 1 is 0.491 bits per heavy atom. The lowest BCUT2D eigenvalue weighted by molar-refractivity contribution is -0.386. The van der Waals surface area contributed by atoms with Crippen molar-refractivity contribution in [3.8, 4) is 0 Å². The molecule has 2 amide bonds. The quantitative estimate of drug-likeness (QED) is 0.0199. The normalized spacial score (nSPS) is 26.2. The summed E-state index contributed by atoms with van der Waals surface area (Å²) in [6, 6.07) is -2.53. The summed E-state index contributed by atoms with van der Waals surface area (Å²) in [5.74, 6) is -6.10. The third-order valence-corrected chi connectivity index (χ3v) is 21.7. The molecule has 0 aromatic heterocycles. The summed E-state index contributed by atoms with van der Waals surface area (Å²) in [7, 11) is 0. The Kier molecular flexibility index (Phi) is 56.7. The first-order valence-corrected chi connectivity index (χ1v) is 42.7. The summed E-state index contributed by atoms with van der Waals surface area (Å²) in [5.41, 5.74) is 0. The molecule has 0 aromatic rings. The van der Waals surface area contributed by atoms with Crippen molar-refractivity contribution in [2.75, 3.05) is 26.4 Å². The monoisotopic (exact) mass is 1520 g/mol. The smallest absolute Gasteiger partial charge is 0.364 e. The van der Waals surface area contributed by atoms with E-state index in [4.69, 9.17) is 28.4 Å². The number of unbranched alkanes of at least 4 members (excludes halogenated alkanes) is 44. The number of aliphatic hydroxyl groups excluding tert-OH is 11. The molecular weight excluding hydrogens is 1360 g/mol. The van der Waals surface area contributed by atoms with Crippen LogP contribution in [0.5, 0.6) is 0 Å². The highest BCUT2D eigenvalue weighted by Crippen LogP contribution is 2.39. The maximum Gasteiger partial charge on any atom is 0.364 e. The number of allylic oxidation sites excluding steroid dienone is 4. The number of aliphatic hydroxyl groups is 11. The molecule has 23 nitrogen and oxygen atoms in total. The lowest BCUT2D eigenvalue weighted by atomic mass is 9.88. The van der Waals surface area contributed by atoms with Gasteiger partial charge in [0.25, 0.3) is 5.79 Å². The van der Waals surface area contributed by atoms with E-state index in [2.05, 4.69) is 48.8 Å². The minimum absolute atomic E-state index is 0.224. The van der Waals surface area contributed by atoms with Gasteiger partial charge < -0.3 is 100 Å². The van der Waals surface area contributed by atoms with Gasteiger partial charge in [0.05, 0.1) is 50.7 Å². The summed E-state index contributed by atoms with van der Waals surface area (Å²) in [5, 5.41) is 137. The summed E-state index contributed by atoms with van der Waals surface area (Å²) in [4.78, 5) is 38.8. The van der Waals surface area contributed by atoms with Crippen LogP contribution in [0.15, 0.2) is 24.3 Å². The van der Waals surface area contributed by atoms with Crippen LogP contribution in [-0.2, 0) is 42.8 Å². The number of nitrogens with one attached hydrogen (secondary N) is 2. The maximum absolute atomic E-state index is 13.6. The first-order chi connectivity index (χ1) is 51.4. The van der Waals surface area contributed by atoms with Crippen LogP contribution in [0.2, 0.25) is 0 Å². The average molecular weight is 1520 g/mol. The fourth-order valence-corrected chi connectivity index (χ4v) is 14.9. The van der Waals surface area contributed by atoms with Gasteiger partial charge in [-0.05, 0) is 44.9 Å². The van der Waals surface area contributed by atoms with Crippen LogP contribution in [0.1, 0.15) is 348 Å². The van der Waals surface area contributed by atoms with E-state index in [0.29, 0.717) is 19.3 Å². The number of aliphatic carboxylic acids is 1. The van der Waals surface area contributed by atoms with Crippen LogP contribution < -0.4 is 10.6 Å². The van der Waals surface area contributed by atoms with Gasteiger partial charge in [-0.3, -0.25) is 9.59 Å². The van der Waals surface area contributed by atoms with Crippen LogP contribution >= 0.6 is 0 Å². The molecule has 0 aromatic carbocycles. The number of carboxylic acid groups (broad SMARTS) is 1. The van der Waals surface area contributed by atoms with Crippen LogP contribution in [0, 0.1) is 0 Å². The molecular formula is C83H154N2O21. The van der Waals surface area contributed by atoms with Crippen LogP contribution in [0.4, 0.5) is 0 Å². The zero-order valence-corrected chi connectivity index (χ0v) is 66.1. The van der Waals surface area contributed by atoms with E-state index in [9.17, 15) is 75.7 Å². The molecule has 3 heterocycles. The predicted octanol–water partition coefficient (Wildman–Crippen LogP) is 12.3. The standard InChI is InChI=1S/C83H154N2O21/c1-4-6-8-10-12-14-16-18-20-22-24-26-28-29-30-31-32-33-35-37-39-41-43-45-47-49-51-53-55-57-70(93)85-64(65(90)56-54-52-50-48-46-44-42-40-38-36-34-27-25-23-21-19-17-15-13-11-9-7-5-2)62-101-80-75(97)74(96)77(69(61-88)103-80)104-81-76(98)79(73(95)68(60-87)102-81)106-83(82(99)100)58-66(91)71(84-63(3)89)78(105-83)72(94)67(92)59-86/h24,26,29-30,64-69,71-81,86-88,90-92,94-98H,4-23,25,27-28,31-62H2,1-3H3,(H,84,89)(H,85,93)(H,99,100)/b26-24-,30-29-. The zero-order valence-electron chi connectivity index (χ0n) is 66.1. The topological polar surface area (TPSA) is 373 Å². The molecule has 622 valence electrons. The van der Waals surface area contributed by atoms with Gasteiger partial charge >= 0.3 is 5.97 Å². The van der Waals surface area contributed by atoms with Crippen LogP contribution in [0.3, 0.4) is 0 Å². The van der Waals surface area contributed by atoms with E-state index in [1.807, 2.05) is 0 Å². The van der Waals surface area contributed by atoms with E-state index in [-0.39, 0.29) is 18.9 Å². The molecule has 3 aliphatic rings. The number of hydrogen-bond acceptors (Lipinski definition) is 20. The zero-order chi connectivity index (χ0) is 77.4. The Bertz CT molecular complexity index is 2200. The Balaban J connectivity index is 1.48. The third kappa shape index (κ3) is 41.1. The second-order valence-corrected chi connectivity index (χ2v) is 31.0. The van der Waals surface area contributed by atoms with Crippen molar-refractivity contribution in [3.63, 3.8) is 0 Å². The van der Waals surface area contributed by atoms with E-state index in [1.165, 1.54) is 231 Å². The molecule has 18 unspecified atom stereocenters. The molecule has 18 atom stereocenters. The second-order valence-electron chi connectivity index (χ2n) is 31.0. The van der Waals surface area contributed by atoms with Crippen molar-refractivity contribution in [3.05, 3.63) is 24.3 Å². The van der Waals surface area contributed by atoms with E-state index in [0.717, 1.165) is 71.1 Å². The molecule has 3 saturated heterocycles. The molecule has 106 heavy (non-hydrogen) atoms. The Labute approximate surface area is 638 Å². The minimum atomic E-state index is -3.08. The molecule has 3 fully saturated rings. The lowest BCUT2D eigenvalue weighted by Gasteiger charge is -2.50.